The van der Waals surface area contributed by atoms with Gasteiger partial charge in [-0.1, -0.05) is 20.8 Å². The van der Waals surface area contributed by atoms with E-state index in [1.54, 1.807) is 0 Å². The van der Waals surface area contributed by atoms with Crippen molar-refractivity contribution >= 4 is 17.8 Å². The summed E-state index contributed by atoms with van der Waals surface area (Å²) in [4.78, 5) is 34.9. The molecule has 8 N–H and O–H groups in total. The minimum absolute atomic E-state index is 0.0472. The third-order valence-corrected chi connectivity index (χ3v) is 13.3. The number of amides is 2. The summed E-state index contributed by atoms with van der Waals surface area (Å²) in [6.07, 6.45) is -0.314. The fourth-order valence-electron chi connectivity index (χ4n) is 10.8. The maximum Gasteiger partial charge on any atom is 0.322 e. The lowest BCUT2D eigenvalue weighted by molar-refractivity contribution is -0.290. The molecular weight excluding hydrogens is 612 g/mol. The average molecular weight is 669 g/mol. The third-order valence-electron chi connectivity index (χ3n) is 13.3. The molecule has 5 fully saturated rings. The molecule has 0 aromatic heterocycles. The van der Waals surface area contributed by atoms with E-state index in [0.717, 1.165) is 19.3 Å². The Kier molecular flexibility index (Phi) is 11.0. The molecule has 0 aromatic rings. The van der Waals surface area contributed by atoms with Crippen LogP contribution in [0.4, 0.5) is 0 Å². The molecule has 1 saturated heterocycles. The van der Waals surface area contributed by atoms with Gasteiger partial charge in [0.05, 0.1) is 24.9 Å². The second-order valence-corrected chi connectivity index (χ2v) is 15.7. The first-order valence-corrected chi connectivity index (χ1v) is 17.5. The number of hydrogen-bond donors (Lipinski definition) is 8. The van der Waals surface area contributed by atoms with Crippen LogP contribution in [-0.4, -0.2) is 111 Å². The van der Waals surface area contributed by atoms with Crippen LogP contribution in [0.1, 0.15) is 85.5 Å². The Morgan fingerprint density at radius 2 is 1.72 bits per heavy atom. The minimum atomic E-state index is -1.39. The van der Waals surface area contributed by atoms with Crippen molar-refractivity contribution in [1.29, 1.82) is 0 Å². The van der Waals surface area contributed by atoms with Crippen LogP contribution in [0.3, 0.4) is 0 Å². The summed E-state index contributed by atoms with van der Waals surface area (Å²) >= 11 is 0. The summed E-state index contributed by atoms with van der Waals surface area (Å²) in [5.74, 6) is -1.02. The van der Waals surface area contributed by atoms with E-state index in [1.165, 1.54) is 6.92 Å². The van der Waals surface area contributed by atoms with Crippen molar-refractivity contribution in [1.82, 2.24) is 10.6 Å². The molecule has 0 unspecified atom stereocenters. The lowest BCUT2D eigenvalue weighted by atomic mass is 9.43. The van der Waals surface area contributed by atoms with Gasteiger partial charge in [0.15, 0.2) is 6.29 Å². The van der Waals surface area contributed by atoms with Crippen LogP contribution in [0.15, 0.2) is 0 Å². The molecule has 47 heavy (non-hydrogen) atoms. The van der Waals surface area contributed by atoms with Gasteiger partial charge in [-0.2, -0.15) is 0 Å². The molecule has 2 amide bonds. The first kappa shape index (κ1) is 36.4. The number of aliphatic carboxylic acids is 1. The molecule has 1 aliphatic heterocycles. The number of aliphatic hydroxyl groups excluding tert-OH is 5. The van der Waals surface area contributed by atoms with Crippen LogP contribution >= 0.6 is 0 Å². The van der Waals surface area contributed by atoms with Crippen molar-refractivity contribution in [2.45, 2.75) is 134 Å². The summed E-state index contributed by atoms with van der Waals surface area (Å²) < 4.78 is 12.2. The van der Waals surface area contributed by atoms with Crippen LogP contribution in [-0.2, 0) is 23.9 Å². The quantitative estimate of drug-likeness (QED) is 0.150. The van der Waals surface area contributed by atoms with Crippen molar-refractivity contribution in [3.05, 3.63) is 0 Å². The molecular formula is C34H56N2O11. The lowest BCUT2D eigenvalue weighted by Crippen LogP contribution is -2.65. The normalized spacial score (nSPS) is 46.8. The molecule has 0 aromatic carbocycles. The fraction of sp³-hybridized carbons (Fsp3) is 0.912. The highest BCUT2D eigenvalue weighted by molar-refractivity contribution is 5.81. The summed E-state index contributed by atoms with van der Waals surface area (Å²) in [6, 6.07) is -1.01. The maximum atomic E-state index is 12.2. The van der Waals surface area contributed by atoms with E-state index in [0.29, 0.717) is 32.1 Å². The van der Waals surface area contributed by atoms with Gasteiger partial charge in [0, 0.05) is 13.3 Å². The number of carboxylic acids is 1. The molecule has 0 radical (unpaired) electrons. The Hall–Kier alpha value is -1.87. The van der Waals surface area contributed by atoms with E-state index in [-0.39, 0.29) is 59.4 Å². The third kappa shape index (κ3) is 6.82. The lowest BCUT2D eigenvalue weighted by Gasteiger charge is -2.63. The number of nitrogens with one attached hydrogen (secondary N) is 2. The molecule has 5 aliphatic rings. The number of fused-ring (bicyclic) bond motifs is 5. The Morgan fingerprint density at radius 1 is 1.00 bits per heavy atom. The summed E-state index contributed by atoms with van der Waals surface area (Å²) in [5, 5.41) is 68.4. The Labute approximate surface area is 276 Å². The first-order chi connectivity index (χ1) is 22.1. The molecule has 16 atom stereocenters. The smallest absolute Gasteiger partial charge is 0.322 e. The Morgan fingerprint density at radius 3 is 2.38 bits per heavy atom. The average Bonchev–Trinajstić information content (AvgIpc) is 3.37. The van der Waals surface area contributed by atoms with E-state index in [9.17, 15) is 39.9 Å². The second kappa shape index (κ2) is 14.2. The molecule has 13 heteroatoms. The van der Waals surface area contributed by atoms with Crippen molar-refractivity contribution in [2.75, 3.05) is 13.2 Å². The first-order valence-electron chi connectivity index (χ1n) is 17.5. The van der Waals surface area contributed by atoms with E-state index in [4.69, 9.17) is 14.6 Å². The predicted molar refractivity (Wildman–Crippen MR) is 167 cm³/mol. The zero-order chi connectivity index (χ0) is 34.4. The Bertz CT molecular complexity index is 1160. The van der Waals surface area contributed by atoms with E-state index in [2.05, 4.69) is 31.4 Å². The molecule has 1 heterocycles. The molecule has 4 saturated carbocycles. The van der Waals surface area contributed by atoms with Crippen molar-refractivity contribution in [3.8, 4) is 0 Å². The predicted octanol–water partition coefficient (Wildman–Crippen LogP) is 0.533. The van der Waals surface area contributed by atoms with Gasteiger partial charge in [0.25, 0.3) is 0 Å². The number of rotatable bonds is 10. The number of aliphatic hydroxyl groups is 5. The van der Waals surface area contributed by atoms with Gasteiger partial charge in [-0.25, -0.2) is 0 Å². The fourth-order valence-corrected chi connectivity index (χ4v) is 10.8. The summed E-state index contributed by atoms with van der Waals surface area (Å²) in [7, 11) is 0. The van der Waals surface area contributed by atoms with Gasteiger partial charge in [-0.15, -0.1) is 0 Å². The largest absolute Gasteiger partial charge is 0.480 e. The SMILES string of the molecule is CC(=O)N[C@H]1[C@H](O[C@@H]2CC[C@@]3(C)[C@@H](C2)C[C@@H](O)[C@@H]2[C@@H]3C[C@H](O)[C@]3(C)[C@@H]([C@H](C)CCC(=O)NCC(=O)O)CC[C@@H]23)O[C@H](CO)[C@@H](O)[C@@H]1O. The number of hydrogen-bond acceptors (Lipinski definition) is 10. The topological polar surface area (TPSA) is 215 Å². The zero-order valence-corrected chi connectivity index (χ0v) is 28.1. The number of ether oxygens (including phenoxy) is 2. The maximum absolute atomic E-state index is 12.2. The second-order valence-electron chi connectivity index (χ2n) is 15.7. The van der Waals surface area contributed by atoms with Crippen LogP contribution in [0.5, 0.6) is 0 Å². The molecule has 0 spiro atoms. The van der Waals surface area contributed by atoms with Gasteiger partial charge in [-0.05, 0) is 97.7 Å². The van der Waals surface area contributed by atoms with Gasteiger partial charge in [0.2, 0.25) is 11.8 Å². The van der Waals surface area contributed by atoms with Crippen LogP contribution in [0, 0.1) is 46.3 Å². The van der Waals surface area contributed by atoms with Gasteiger partial charge >= 0.3 is 5.97 Å². The van der Waals surface area contributed by atoms with E-state index < -0.39 is 73.3 Å². The van der Waals surface area contributed by atoms with Crippen molar-refractivity contribution in [3.63, 3.8) is 0 Å². The summed E-state index contributed by atoms with van der Waals surface area (Å²) in [6.45, 7) is 6.97. The Balaban J connectivity index is 1.26. The minimum Gasteiger partial charge on any atom is -0.480 e. The van der Waals surface area contributed by atoms with E-state index >= 15 is 0 Å². The highest BCUT2D eigenvalue weighted by Gasteiger charge is 2.66. The van der Waals surface area contributed by atoms with Crippen LogP contribution in [0.25, 0.3) is 0 Å². The number of carbonyl (C=O) groups is 3. The van der Waals surface area contributed by atoms with Crippen molar-refractivity contribution in [2.24, 2.45) is 46.3 Å². The zero-order valence-electron chi connectivity index (χ0n) is 28.1. The molecule has 4 aliphatic carbocycles. The van der Waals surface area contributed by atoms with E-state index in [1.807, 2.05) is 0 Å². The molecule has 268 valence electrons. The molecule has 13 nitrogen and oxygen atoms in total. The standard InChI is InChI=1S/C34H56N2O11/c1-16(5-8-26(41)35-14-27(42)43)20-6-7-21-28-22(13-25(40)34(20,21)4)33(3)10-9-19(11-18(33)12-23(28)39)46-32-29(36-17(2)38)31(45)30(44)24(15-37)47-32/h16,18-25,28-32,37,39-40,44-45H,5-15H2,1-4H3,(H,35,41)(H,36,38)(H,42,43)/t16-,18+,19-,20-,21+,22+,23-,24-,25+,28+,29-,30-,31-,32-,33+,34-/m1/s1. The summed E-state index contributed by atoms with van der Waals surface area (Å²) in [5.41, 5.74) is -0.528. The molecule has 0 bridgehead atoms. The number of carbonyl (C=O) groups excluding carboxylic acids is 2. The number of carboxylic acid groups (broad SMARTS) is 1. The van der Waals surface area contributed by atoms with Gasteiger partial charge < -0.3 is 50.7 Å². The highest BCUT2D eigenvalue weighted by Crippen LogP contribution is 2.68. The van der Waals surface area contributed by atoms with Gasteiger partial charge in [-0.3, -0.25) is 14.4 Å². The van der Waals surface area contributed by atoms with Gasteiger partial charge in [0.1, 0.15) is 30.9 Å². The highest BCUT2D eigenvalue weighted by atomic mass is 16.7. The van der Waals surface area contributed by atoms with Crippen LogP contribution in [0.2, 0.25) is 0 Å². The monoisotopic (exact) mass is 668 g/mol. The van der Waals surface area contributed by atoms with Crippen LogP contribution < -0.4 is 10.6 Å². The molecule has 5 rings (SSSR count). The van der Waals surface area contributed by atoms with Crippen molar-refractivity contribution < 1.29 is 54.5 Å².